The number of carboxylic acids is 1. The number of Topliss-reactive ketones (excluding diaryl/α,β-unsaturated/α-hetero) is 1. The number of allylic oxidation sites excluding steroid dienone is 4. The number of phenols is 1. The first-order valence-electron chi connectivity index (χ1n) is 9.10. The van der Waals surface area contributed by atoms with Crippen LogP contribution < -0.4 is 0 Å². The van der Waals surface area contributed by atoms with Crippen LogP contribution in [-0.2, 0) is 11.2 Å². The Morgan fingerprint density at radius 3 is 2.33 bits per heavy atom. The van der Waals surface area contributed by atoms with E-state index in [4.69, 9.17) is 0 Å². The summed E-state index contributed by atoms with van der Waals surface area (Å²) in [5.74, 6) is -2.78. The average Bonchev–Trinajstić information content (AvgIpc) is 2.77. The van der Waals surface area contributed by atoms with Crippen molar-refractivity contribution < 1.29 is 29.6 Å². The number of carboxylic acid groups (broad SMARTS) is 1. The number of phenolic OH excluding ortho intramolecular Hbond substituents is 1. The van der Waals surface area contributed by atoms with E-state index in [0.29, 0.717) is 11.1 Å². The van der Waals surface area contributed by atoms with Gasteiger partial charge in [-0.2, -0.15) is 0 Å². The highest BCUT2D eigenvalue weighted by molar-refractivity contribution is 9.12. The minimum atomic E-state index is -1.28. The normalized spacial score (nSPS) is 15.1. The molecule has 2 aromatic rings. The third kappa shape index (κ3) is 3.47. The lowest BCUT2D eigenvalue weighted by atomic mass is 9.76. The number of hydrogen-bond donors (Lipinski definition) is 2. The Balaban J connectivity index is 2.23. The molecule has 0 aromatic heterocycles. The fraction of sp³-hybridized carbons (Fsp3) is 0.0476. The van der Waals surface area contributed by atoms with Gasteiger partial charge in [-0.25, -0.2) is 4.79 Å². The van der Waals surface area contributed by atoms with E-state index in [1.54, 1.807) is 6.07 Å². The van der Waals surface area contributed by atoms with Gasteiger partial charge in [0.25, 0.3) is 5.78 Å². The monoisotopic (exact) mass is 576 g/mol. The molecule has 2 aliphatic carbocycles. The molecule has 4 rings (SSSR count). The number of halogens is 2. The van der Waals surface area contributed by atoms with Crippen LogP contribution in [0.4, 0.5) is 5.69 Å². The SMILES string of the molecule is O=C1C([N+](=O)[O-])=CC2=C(c3ccccc3C(=O)O)c3cc([N+](=O)[O-])c(O)c(Br)c3CC2=C1Br. The maximum atomic E-state index is 12.6. The Labute approximate surface area is 201 Å². The highest BCUT2D eigenvalue weighted by atomic mass is 79.9. The number of fused-ring (bicyclic) bond motifs is 2. The first-order valence-corrected chi connectivity index (χ1v) is 10.7. The molecule has 0 atom stereocenters. The number of ketones is 1. The van der Waals surface area contributed by atoms with Gasteiger partial charge >= 0.3 is 17.4 Å². The molecule has 0 saturated carbocycles. The summed E-state index contributed by atoms with van der Waals surface area (Å²) in [5.41, 5.74) is -0.172. The molecule has 12 heteroatoms. The van der Waals surface area contributed by atoms with E-state index in [1.165, 1.54) is 18.2 Å². The summed E-state index contributed by atoms with van der Waals surface area (Å²) in [6.45, 7) is 0. The number of hydrogen-bond acceptors (Lipinski definition) is 7. The van der Waals surface area contributed by atoms with Crippen molar-refractivity contribution in [3.63, 3.8) is 0 Å². The van der Waals surface area contributed by atoms with Crippen LogP contribution in [0.3, 0.4) is 0 Å². The summed E-state index contributed by atoms with van der Waals surface area (Å²) >= 11 is 6.31. The fourth-order valence-corrected chi connectivity index (χ4v) is 5.00. The number of carbonyl (C=O) groups excluding carboxylic acids is 1. The number of aromatic hydroxyl groups is 1. The lowest BCUT2D eigenvalue weighted by Crippen LogP contribution is -2.22. The van der Waals surface area contributed by atoms with Crippen LogP contribution in [0.5, 0.6) is 5.75 Å². The second-order valence-electron chi connectivity index (χ2n) is 7.07. The van der Waals surface area contributed by atoms with E-state index in [0.717, 1.165) is 12.1 Å². The third-order valence-electron chi connectivity index (χ3n) is 5.34. The third-order valence-corrected chi connectivity index (χ3v) is 7.03. The van der Waals surface area contributed by atoms with Gasteiger partial charge in [0.15, 0.2) is 0 Å². The molecule has 0 bridgehead atoms. The smallest absolute Gasteiger partial charge is 0.336 e. The van der Waals surface area contributed by atoms with Crippen molar-refractivity contribution in [2.45, 2.75) is 6.42 Å². The Kier molecular flexibility index (Phi) is 5.50. The highest BCUT2D eigenvalue weighted by Gasteiger charge is 2.39. The summed E-state index contributed by atoms with van der Waals surface area (Å²) in [4.78, 5) is 45.9. The van der Waals surface area contributed by atoms with Crippen molar-refractivity contribution in [2.24, 2.45) is 0 Å². The number of carbonyl (C=O) groups is 2. The van der Waals surface area contributed by atoms with Gasteiger partial charge < -0.3 is 10.2 Å². The molecule has 2 aromatic carbocycles. The van der Waals surface area contributed by atoms with Gasteiger partial charge in [-0.05, 0) is 71.3 Å². The number of nitrogens with zero attached hydrogens (tertiary/aromatic N) is 2. The number of aromatic carboxylic acids is 1. The lowest BCUT2D eigenvalue weighted by molar-refractivity contribution is -0.418. The highest BCUT2D eigenvalue weighted by Crippen LogP contribution is 2.50. The van der Waals surface area contributed by atoms with E-state index in [1.807, 2.05) is 0 Å². The van der Waals surface area contributed by atoms with Crippen LogP contribution in [0.15, 0.2) is 62.2 Å². The van der Waals surface area contributed by atoms with Gasteiger partial charge in [0.1, 0.15) is 0 Å². The predicted octanol–water partition coefficient (Wildman–Crippen LogP) is 4.51. The minimum Gasteiger partial charge on any atom is -0.501 e. The molecule has 0 spiro atoms. The Morgan fingerprint density at radius 2 is 1.73 bits per heavy atom. The molecular weight excluding hydrogens is 568 g/mol. The van der Waals surface area contributed by atoms with Gasteiger partial charge in [-0.1, -0.05) is 18.2 Å². The van der Waals surface area contributed by atoms with Crippen molar-refractivity contribution in [1.29, 1.82) is 0 Å². The van der Waals surface area contributed by atoms with E-state index in [-0.39, 0.29) is 43.2 Å². The van der Waals surface area contributed by atoms with Crippen molar-refractivity contribution in [3.8, 4) is 5.75 Å². The molecule has 2 N–H and O–H groups in total. The molecule has 0 saturated heterocycles. The first kappa shape index (κ1) is 22.6. The van der Waals surface area contributed by atoms with E-state index in [9.17, 15) is 40.0 Å². The standard InChI is InChI=1S/C21H10Br2N2O8/c22-17-12-5-13-11(7-15(25(32)33)20(27)18(13)23)16(8-3-1-2-4-9(8)21(28)29)10(12)6-14(19(17)26)24(30)31/h1-4,6-7,26H,5H2,(H,28,29). The molecular formula is C21H10Br2N2O8. The second kappa shape index (κ2) is 8.05. The molecule has 0 aliphatic heterocycles. The zero-order valence-electron chi connectivity index (χ0n) is 16.2. The lowest BCUT2D eigenvalue weighted by Gasteiger charge is -2.28. The average molecular weight is 578 g/mol. The number of rotatable bonds is 4. The quantitative estimate of drug-likeness (QED) is 0.396. The van der Waals surface area contributed by atoms with E-state index >= 15 is 0 Å². The van der Waals surface area contributed by atoms with Crippen molar-refractivity contribution >= 4 is 54.9 Å². The second-order valence-corrected chi connectivity index (χ2v) is 8.65. The van der Waals surface area contributed by atoms with Crippen LogP contribution in [-0.4, -0.2) is 31.8 Å². The summed E-state index contributed by atoms with van der Waals surface area (Å²) in [7, 11) is 0. The molecule has 0 heterocycles. The van der Waals surface area contributed by atoms with Gasteiger partial charge in [0, 0.05) is 18.6 Å². The molecule has 0 amide bonds. The van der Waals surface area contributed by atoms with Crippen molar-refractivity contribution in [1.82, 2.24) is 0 Å². The zero-order chi connectivity index (χ0) is 24.2. The van der Waals surface area contributed by atoms with Crippen LogP contribution in [0, 0.1) is 20.2 Å². The minimum absolute atomic E-state index is 0.000331. The summed E-state index contributed by atoms with van der Waals surface area (Å²) in [6.07, 6.45) is 1.04. The van der Waals surface area contributed by atoms with Crippen molar-refractivity contribution in [2.75, 3.05) is 0 Å². The van der Waals surface area contributed by atoms with E-state index in [2.05, 4.69) is 31.9 Å². The fourth-order valence-electron chi connectivity index (χ4n) is 3.89. The van der Waals surface area contributed by atoms with Crippen LogP contribution in [0.2, 0.25) is 0 Å². The summed E-state index contributed by atoms with van der Waals surface area (Å²) in [6, 6.07) is 6.94. The number of benzene rings is 2. The van der Waals surface area contributed by atoms with Gasteiger partial charge in [0.2, 0.25) is 5.75 Å². The van der Waals surface area contributed by atoms with Gasteiger partial charge in [-0.3, -0.25) is 25.0 Å². The molecule has 166 valence electrons. The molecule has 0 radical (unpaired) electrons. The number of nitro groups is 2. The van der Waals surface area contributed by atoms with E-state index < -0.39 is 38.7 Å². The van der Waals surface area contributed by atoms with Gasteiger partial charge in [0.05, 0.1) is 24.4 Å². The van der Waals surface area contributed by atoms with Crippen LogP contribution >= 0.6 is 31.9 Å². The van der Waals surface area contributed by atoms with Crippen LogP contribution in [0.25, 0.3) is 5.57 Å². The predicted molar refractivity (Wildman–Crippen MR) is 122 cm³/mol. The van der Waals surface area contributed by atoms with Gasteiger partial charge in [-0.15, -0.1) is 0 Å². The number of nitro benzene ring substituents is 1. The maximum absolute atomic E-state index is 12.6. The largest absolute Gasteiger partial charge is 0.501 e. The molecule has 10 nitrogen and oxygen atoms in total. The van der Waals surface area contributed by atoms with Crippen molar-refractivity contribution in [3.05, 3.63) is 105 Å². The summed E-state index contributed by atoms with van der Waals surface area (Å²) in [5, 5.41) is 43.2. The Morgan fingerprint density at radius 1 is 1.06 bits per heavy atom. The topological polar surface area (TPSA) is 161 Å². The van der Waals surface area contributed by atoms with Crippen LogP contribution in [0.1, 0.15) is 27.0 Å². The first-order chi connectivity index (χ1) is 15.5. The molecule has 0 unspecified atom stereocenters. The molecule has 0 fully saturated rings. The summed E-state index contributed by atoms with van der Waals surface area (Å²) < 4.78 is -0.0900. The zero-order valence-corrected chi connectivity index (χ0v) is 19.3. The molecule has 2 aliphatic rings. The Bertz CT molecular complexity index is 1420. The molecule has 33 heavy (non-hydrogen) atoms. The maximum Gasteiger partial charge on any atom is 0.336 e. The Hall–Kier alpha value is -3.64.